The molecular formula is C21H20N4O3. The molecule has 1 aromatic heterocycles. The summed E-state index contributed by atoms with van der Waals surface area (Å²) in [5.74, 6) is -0.0230. The maximum Gasteiger partial charge on any atom is 0.272 e. The van der Waals surface area contributed by atoms with Gasteiger partial charge in [0.25, 0.3) is 5.56 Å². The highest BCUT2D eigenvalue weighted by Gasteiger charge is 2.21. The highest BCUT2D eigenvalue weighted by atomic mass is 16.2. The number of benzene rings is 2. The van der Waals surface area contributed by atoms with Gasteiger partial charge in [0.05, 0.1) is 17.5 Å². The van der Waals surface area contributed by atoms with Crippen LogP contribution in [0.2, 0.25) is 0 Å². The van der Waals surface area contributed by atoms with Crippen LogP contribution in [-0.4, -0.2) is 28.6 Å². The molecule has 142 valence electrons. The third-order valence-electron chi connectivity index (χ3n) is 4.91. The quantitative estimate of drug-likeness (QED) is 0.711. The topological polar surface area (TPSA) is 95.2 Å². The average molecular weight is 376 g/mol. The minimum atomic E-state index is -0.267. The molecule has 1 fully saturated rings. The summed E-state index contributed by atoms with van der Waals surface area (Å²) in [5, 5.41) is 10.5. The molecule has 2 heterocycles. The number of nitrogens with one attached hydrogen (secondary N) is 2. The largest absolute Gasteiger partial charge is 0.352 e. The van der Waals surface area contributed by atoms with Crippen molar-refractivity contribution in [3.63, 3.8) is 0 Å². The van der Waals surface area contributed by atoms with E-state index in [1.165, 1.54) is 0 Å². The van der Waals surface area contributed by atoms with Gasteiger partial charge in [0.15, 0.2) is 0 Å². The van der Waals surface area contributed by atoms with Crippen LogP contribution in [-0.2, 0) is 22.6 Å². The molecule has 1 saturated heterocycles. The standard InChI is InChI=1S/C21H20N4O3/c26-19(12-18-16-4-1-2-5-17(16)21(28)24-23-18)22-13-14-7-9-15(10-8-14)25-11-3-6-20(25)27/h1-2,4-5,7-10H,3,6,11-13H2,(H,22,26)(H,24,28). The van der Waals surface area contributed by atoms with Crippen molar-refractivity contribution in [1.82, 2.24) is 15.5 Å². The number of carbonyl (C=O) groups is 2. The van der Waals surface area contributed by atoms with Crippen LogP contribution in [0.1, 0.15) is 24.1 Å². The minimum absolute atomic E-state index is 0.0810. The van der Waals surface area contributed by atoms with Crippen molar-refractivity contribution in [2.45, 2.75) is 25.8 Å². The van der Waals surface area contributed by atoms with Crippen molar-refractivity contribution in [3.8, 4) is 0 Å². The van der Waals surface area contributed by atoms with Gasteiger partial charge in [0, 0.05) is 30.6 Å². The fourth-order valence-electron chi connectivity index (χ4n) is 3.44. The van der Waals surface area contributed by atoms with Crippen LogP contribution in [0.3, 0.4) is 0 Å². The van der Waals surface area contributed by atoms with Gasteiger partial charge < -0.3 is 10.2 Å². The molecule has 2 amide bonds. The monoisotopic (exact) mass is 376 g/mol. The summed E-state index contributed by atoms with van der Waals surface area (Å²) < 4.78 is 0. The van der Waals surface area contributed by atoms with Gasteiger partial charge in [-0.2, -0.15) is 5.10 Å². The third-order valence-corrected chi connectivity index (χ3v) is 4.91. The van der Waals surface area contributed by atoms with E-state index in [1.54, 1.807) is 23.1 Å². The van der Waals surface area contributed by atoms with E-state index in [0.717, 1.165) is 24.2 Å². The van der Waals surface area contributed by atoms with Crippen LogP contribution >= 0.6 is 0 Å². The lowest BCUT2D eigenvalue weighted by molar-refractivity contribution is -0.120. The second-order valence-electron chi connectivity index (χ2n) is 6.81. The number of hydrogen-bond donors (Lipinski definition) is 2. The van der Waals surface area contributed by atoms with Crippen molar-refractivity contribution < 1.29 is 9.59 Å². The first-order valence-corrected chi connectivity index (χ1v) is 9.24. The molecule has 0 aliphatic carbocycles. The van der Waals surface area contributed by atoms with Crippen LogP contribution in [0.25, 0.3) is 10.8 Å². The number of rotatable bonds is 5. The number of H-pyrrole nitrogens is 1. The molecule has 0 atom stereocenters. The summed E-state index contributed by atoms with van der Waals surface area (Å²) in [4.78, 5) is 37.8. The van der Waals surface area contributed by atoms with Crippen molar-refractivity contribution in [1.29, 1.82) is 0 Å². The number of hydrogen-bond acceptors (Lipinski definition) is 4. The maximum atomic E-state index is 12.3. The van der Waals surface area contributed by atoms with Crippen molar-refractivity contribution in [2.75, 3.05) is 11.4 Å². The van der Waals surface area contributed by atoms with Gasteiger partial charge >= 0.3 is 0 Å². The molecule has 2 N–H and O–H groups in total. The lowest BCUT2D eigenvalue weighted by Crippen LogP contribution is -2.26. The zero-order chi connectivity index (χ0) is 19.5. The molecule has 1 aliphatic heterocycles. The Morgan fingerprint density at radius 3 is 2.54 bits per heavy atom. The van der Waals surface area contributed by atoms with Gasteiger partial charge in [-0.1, -0.05) is 30.3 Å². The van der Waals surface area contributed by atoms with Crippen molar-refractivity contribution in [3.05, 3.63) is 70.1 Å². The van der Waals surface area contributed by atoms with Gasteiger partial charge in [-0.05, 0) is 30.2 Å². The van der Waals surface area contributed by atoms with Crippen LogP contribution in [0.4, 0.5) is 5.69 Å². The van der Waals surface area contributed by atoms with Crippen LogP contribution < -0.4 is 15.8 Å². The molecule has 0 unspecified atom stereocenters. The molecule has 7 nitrogen and oxygen atoms in total. The first-order chi connectivity index (χ1) is 13.6. The van der Waals surface area contributed by atoms with E-state index in [4.69, 9.17) is 0 Å². The minimum Gasteiger partial charge on any atom is -0.352 e. The Kier molecular flexibility index (Phi) is 4.89. The van der Waals surface area contributed by atoms with Crippen LogP contribution in [0.5, 0.6) is 0 Å². The summed E-state index contributed by atoms with van der Waals surface area (Å²) in [7, 11) is 0. The summed E-state index contributed by atoms with van der Waals surface area (Å²) >= 11 is 0. The number of carbonyl (C=O) groups excluding carboxylic acids is 2. The van der Waals surface area contributed by atoms with Gasteiger partial charge in [0.2, 0.25) is 11.8 Å². The van der Waals surface area contributed by atoms with E-state index in [9.17, 15) is 14.4 Å². The number of anilines is 1. The smallest absolute Gasteiger partial charge is 0.272 e. The Morgan fingerprint density at radius 2 is 1.82 bits per heavy atom. The molecule has 2 aromatic carbocycles. The van der Waals surface area contributed by atoms with Gasteiger partial charge in [-0.25, -0.2) is 5.10 Å². The number of aromatic nitrogens is 2. The Labute approximate surface area is 161 Å². The van der Waals surface area contributed by atoms with Gasteiger partial charge in [-0.3, -0.25) is 14.4 Å². The van der Waals surface area contributed by atoms with Gasteiger partial charge in [0.1, 0.15) is 0 Å². The first-order valence-electron chi connectivity index (χ1n) is 9.24. The second kappa shape index (κ2) is 7.64. The lowest BCUT2D eigenvalue weighted by atomic mass is 10.1. The van der Waals surface area contributed by atoms with Gasteiger partial charge in [-0.15, -0.1) is 0 Å². The predicted molar refractivity (Wildman–Crippen MR) is 106 cm³/mol. The zero-order valence-corrected chi connectivity index (χ0v) is 15.3. The predicted octanol–water partition coefficient (Wildman–Crippen LogP) is 1.91. The number of fused-ring (bicyclic) bond motifs is 1. The second-order valence-corrected chi connectivity index (χ2v) is 6.81. The highest BCUT2D eigenvalue weighted by molar-refractivity contribution is 5.95. The van der Waals surface area contributed by atoms with Crippen LogP contribution in [0, 0.1) is 0 Å². The molecule has 0 radical (unpaired) electrons. The first kappa shape index (κ1) is 17.9. The molecule has 0 spiro atoms. The average Bonchev–Trinajstić information content (AvgIpc) is 3.15. The summed E-state index contributed by atoms with van der Waals surface area (Å²) in [6.07, 6.45) is 1.58. The van der Waals surface area contributed by atoms with Crippen molar-refractivity contribution in [2.24, 2.45) is 0 Å². The zero-order valence-electron chi connectivity index (χ0n) is 15.3. The number of nitrogens with zero attached hydrogens (tertiary/aromatic N) is 2. The van der Waals surface area contributed by atoms with Crippen LogP contribution in [0.15, 0.2) is 53.3 Å². The Morgan fingerprint density at radius 1 is 1.07 bits per heavy atom. The Bertz CT molecular complexity index is 1090. The SMILES string of the molecule is O=C(Cc1n[nH]c(=O)c2ccccc12)NCc1ccc(N2CCCC2=O)cc1. The molecule has 1 aliphatic rings. The molecule has 4 rings (SSSR count). The number of amides is 2. The highest BCUT2D eigenvalue weighted by Crippen LogP contribution is 2.21. The molecule has 0 bridgehead atoms. The molecular weight excluding hydrogens is 356 g/mol. The fourth-order valence-corrected chi connectivity index (χ4v) is 3.44. The third kappa shape index (κ3) is 3.64. The van der Waals surface area contributed by atoms with E-state index in [-0.39, 0.29) is 23.8 Å². The summed E-state index contributed by atoms with van der Waals surface area (Å²) in [6.45, 7) is 1.14. The van der Waals surface area contributed by atoms with E-state index in [0.29, 0.717) is 29.4 Å². The normalized spacial score (nSPS) is 13.9. The molecule has 0 saturated carbocycles. The van der Waals surface area contributed by atoms with E-state index < -0.39 is 0 Å². The molecule has 28 heavy (non-hydrogen) atoms. The van der Waals surface area contributed by atoms with E-state index in [2.05, 4.69) is 15.5 Å². The number of aromatic amines is 1. The van der Waals surface area contributed by atoms with E-state index in [1.807, 2.05) is 30.3 Å². The van der Waals surface area contributed by atoms with E-state index >= 15 is 0 Å². The summed E-state index contributed by atoms with van der Waals surface area (Å²) in [6, 6.07) is 14.7. The molecule has 7 heteroatoms. The summed E-state index contributed by atoms with van der Waals surface area (Å²) in [5.41, 5.74) is 2.11. The lowest BCUT2D eigenvalue weighted by Gasteiger charge is -2.16. The maximum absolute atomic E-state index is 12.3. The fraction of sp³-hybridized carbons (Fsp3) is 0.238. The molecule has 3 aromatic rings. The van der Waals surface area contributed by atoms with Crippen molar-refractivity contribution >= 4 is 28.3 Å². The Hall–Kier alpha value is -3.48. The Balaban J connectivity index is 1.39.